The maximum atomic E-state index is 11.1. The van der Waals surface area contributed by atoms with Crippen molar-refractivity contribution in [2.45, 2.75) is 0 Å². The van der Waals surface area contributed by atoms with Gasteiger partial charge >= 0.3 is 0 Å². The number of amides is 1. The number of nitrogens with zero attached hydrogens (tertiary/aromatic N) is 4. The molecule has 0 saturated heterocycles. The molecule has 0 aliphatic rings. The highest BCUT2D eigenvalue weighted by molar-refractivity contribution is 5.89. The molecule has 5 heteroatoms. The van der Waals surface area contributed by atoms with Crippen LogP contribution in [0.2, 0.25) is 0 Å². The first-order valence-corrected chi connectivity index (χ1v) is 3.18. The van der Waals surface area contributed by atoms with Gasteiger partial charge in [-0.05, 0) is 0 Å². The lowest BCUT2D eigenvalue weighted by Crippen LogP contribution is -2.23. The van der Waals surface area contributed by atoms with Crippen LogP contribution in [0.3, 0.4) is 0 Å². The molecule has 5 nitrogen and oxygen atoms in total. The van der Waals surface area contributed by atoms with E-state index in [-0.39, 0.29) is 11.7 Å². The molecule has 11 heavy (non-hydrogen) atoms. The summed E-state index contributed by atoms with van der Waals surface area (Å²) in [6.45, 7) is 0. The molecule has 0 fully saturated rings. The molecule has 0 aliphatic carbocycles. The summed E-state index contributed by atoms with van der Waals surface area (Å²) in [5.41, 5.74) is 0. The molecule has 60 valence electrons. The minimum atomic E-state index is -0.175. The number of hydrogen-bond acceptors (Lipinski definition) is 3. The van der Waals surface area contributed by atoms with E-state index >= 15 is 0 Å². The second kappa shape index (κ2) is 2.69. The summed E-state index contributed by atoms with van der Waals surface area (Å²) in [5, 5.41) is 3.85. The van der Waals surface area contributed by atoms with Crippen LogP contribution in [0.1, 0.15) is 10.6 Å². The van der Waals surface area contributed by atoms with Gasteiger partial charge in [0.25, 0.3) is 5.91 Å². The average molecular weight is 154 g/mol. The quantitative estimate of drug-likeness (QED) is 0.548. The molecule has 0 unspecified atom stereocenters. The number of carbonyl (C=O) groups is 1. The lowest BCUT2D eigenvalue weighted by molar-refractivity contribution is 0.0815. The van der Waals surface area contributed by atoms with Crippen molar-refractivity contribution in [3.8, 4) is 0 Å². The predicted octanol–water partition coefficient (Wildman–Crippen LogP) is -0.483. The summed E-state index contributed by atoms with van der Waals surface area (Å²) >= 11 is 0. The van der Waals surface area contributed by atoms with Gasteiger partial charge < -0.3 is 4.90 Å². The van der Waals surface area contributed by atoms with Crippen molar-refractivity contribution in [3.63, 3.8) is 0 Å². The smallest absolute Gasteiger partial charge is 0.293 e. The minimum Gasteiger partial charge on any atom is -0.342 e. The Morgan fingerprint density at radius 3 is 2.64 bits per heavy atom. The van der Waals surface area contributed by atoms with E-state index in [0.717, 1.165) is 0 Å². The van der Waals surface area contributed by atoms with Crippen LogP contribution in [0.25, 0.3) is 0 Å². The van der Waals surface area contributed by atoms with Gasteiger partial charge in [-0.1, -0.05) is 0 Å². The summed E-state index contributed by atoms with van der Waals surface area (Å²) in [5.74, 6) is 0.0584. The van der Waals surface area contributed by atoms with Crippen molar-refractivity contribution in [2.75, 3.05) is 14.1 Å². The van der Waals surface area contributed by atoms with Crippen LogP contribution in [0.4, 0.5) is 0 Å². The van der Waals surface area contributed by atoms with Gasteiger partial charge in [-0.3, -0.25) is 9.48 Å². The predicted molar refractivity (Wildman–Crippen MR) is 39.0 cm³/mol. The SMILES string of the molecule is CN(C)C(=O)c1ncn(C)n1. The summed E-state index contributed by atoms with van der Waals surface area (Å²) in [6.07, 6.45) is 1.50. The highest BCUT2D eigenvalue weighted by atomic mass is 16.2. The molecule has 0 aliphatic heterocycles. The third-order valence-electron chi connectivity index (χ3n) is 1.20. The Morgan fingerprint density at radius 1 is 1.64 bits per heavy atom. The number of carbonyl (C=O) groups excluding carboxylic acids is 1. The van der Waals surface area contributed by atoms with Crippen LogP contribution < -0.4 is 0 Å². The van der Waals surface area contributed by atoms with Gasteiger partial charge in [0.2, 0.25) is 5.82 Å². The first kappa shape index (κ1) is 7.71. The Labute approximate surface area is 64.6 Å². The minimum absolute atomic E-state index is 0.175. The van der Waals surface area contributed by atoms with E-state index in [1.165, 1.54) is 15.9 Å². The Bertz CT molecular complexity index is 265. The zero-order valence-electron chi connectivity index (χ0n) is 6.77. The van der Waals surface area contributed by atoms with E-state index in [2.05, 4.69) is 10.1 Å². The van der Waals surface area contributed by atoms with Gasteiger partial charge in [0.1, 0.15) is 6.33 Å². The molecule has 1 aromatic rings. The third kappa shape index (κ3) is 1.54. The van der Waals surface area contributed by atoms with Crippen molar-refractivity contribution < 1.29 is 4.79 Å². The molecule has 1 amide bonds. The normalized spacial score (nSPS) is 9.73. The largest absolute Gasteiger partial charge is 0.342 e. The molecule has 1 rings (SSSR count). The van der Waals surface area contributed by atoms with E-state index in [1.807, 2.05) is 0 Å². The van der Waals surface area contributed by atoms with Gasteiger partial charge in [0.05, 0.1) is 0 Å². The topological polar surface area (TPSA) is 51.0 Å². The lowest BCUT2D eigenvalue weighted by atomic mass is 10.5. The standard InChI is InChI=1S/C6H10N4O/c1-9(2)6(11)5-7-4-10(3)8-5/h4H,1-3H3. The molecule has 0 N–H and O–H groups in total. The molecule has 0 spiro atoms. The zero-order valence-corrected chi connectivity index (χ0v) is 6.77. The Morgan fingerprint density at radius 2 is 2.27 bits per heavy atom. The molecule has 0 atom stereocenters. The van der Waals surface area contributed by atoms with Crippen molar-refractivity contribution in [1.29, 1.82) is 0 Å². The molecular formula is C6H10N4O. The summed E-state index contributed by atoms with van der Waals surface area (Å²) in [7, 11) is 5.05. The highest BCUT2D eigenvalue weighted by Gasteiger charge is 2.11. The molecule has 1 heterocycles. The fraction of sp³-hybridized carbons (Fsp3) is 0.500. The van der Waals surface area contributed by atoms with Crippen molar-refractivity contribution >= 4 is 5.91 Å². The van der Waals surface area contributed by atoms with Crippen molar-refractivity contribution in [2.24, 2.45) is 7.05 Å². The monoisotopic (exact) mass is 154 g/mol. The molecule has 0 bridgehead atoms. The number of aryl methyl sites for hydroxylation is 1. The van der Waals surface area contributed by atoms with Gasteiger partial charge in [-0.15, -0.1) is 5.10 Å². The van der Waals surface area contributed by atoms with E-state index in [0.29, 0.717) is 0 Å². The Kier molecular flexibility index (Phi) is 1.89. The van der Waals surface area contributed by atoms with E-state index in [4.69, 9.17) is 0 Å². The van der Waals surface area contributed by atoms with E-state index in [1.54, 1.807) is 21.1 Å². The second-order valence-corrected chi connectivity index (χ2v) is 2.44. The van der Waals surface area contributed by atoms with Crippen LogP contribution in [0.15, 0.2) is 6.33 Å². The van der Waals surface area contributed by atoms with Gasteiger partial charge in [0.15, 0.2) is 0 Å². The molecular weight excluding hydrogens is 144 g/mol. The molecule has 1 aromatic heterocycles. The third-order valence-corrected chi connectivity index (χ3v) is 1.20. The van der Waals surface area contributed by atoms with Crippen LogP contribution in [0, 0.1) is 0 Å². The zero-order chi connectivity index (χ0) is 8.43. The number of aromatic nitrogens is 3. The molecule has 0 radical (unpaired) electrons. The molecule has 0 saturated carbocycles. The van der Waals surface area contributed by atoms with Crippen LogP contribution in [-0.2, 0) is 7.05 Å². The fourth-order valence-corrected chi connectivity index (χ4v) is 0.637. The molecule has 0 aromatic carbocycles. The van der Waals surface area contributed by atoms with Gasteiger partial charge in [0, 0.05) is 21.1 Å². The van der Waals surface area contributed by atoms with Crippen molar-refractivity contribution in [1.82, 2.24) is 19.7 Å². The summed E-state index contributed by atoms with van der Waals surface area (Å²) in [6, 6.07) is 0. The summed E-state index contributed by atoms with van der Waals surface area (Å²) in [4.78, 5) is 16.4. The summed E-state index contributed by atoms with van der Waals surface area (Å²) < 4.78 is 1.50. The van der Waals surface area contributed by atoms with Crippen molar-refractivity contribution in [3.05, 3.63) is 12.2 Å². The lowest BCUT2D eigenvalue weighted by Gasteiger charge is -2.05. The van der Waals surface area contributed by atoms with E-state index < -0.39 is 0 Å². The van der Waals surface area contributed by atoms with E-state index in [9.17, 15) is 4.79 Å². The first-order valence-electron chi connectivity index (χ1n) is 3.18. The maximum Gasteiger partial charge on any atom is 0.293 e. The first-order chi connectivity index (χ1) is 5.11. The average Bonchev–Trinajstić information content (AvgIpc) is 2.34. The van der Waals surface area contributed by atoms with Crippen LogP contribution in [0.5, 0.6) is 0 Å². The number of hydrogen-bond donors (Lipinski definition) is 0. The van der Waals surface area contributed by atoms with Crippen LogP contribution in [-0.4, -0.2) is 39.7 Å². The highest BCUT2D eigenvalue weighted by Crippen LogP contribution is 1.91. The second-order valence-electron chi connectivity index (χ2n) is 2.44. The Hall–Kier alpha value is -1.39. The maximum absolute atomic E-state index is 11.1. The number of rotatable bonds is 1. The van der Waals surface area contributed by atoms with Gasteiger partial charge in [-0.25, -0.2) is 4.98 Å². The van der Waals surface area contributed by atoms with Gasteiger partial charge in [-0.2, -0.15) is 0 Å². The fourth-order valence-electron chi connectivity index (χ4n) is 0.637. The Balaban J connectivity index is 2.85. The van der Waals surface area contributed by atoms with Crippen LogP contribution >= 0.6 is 0 Å².